The number of hydrogen-bond donors (Lipinski definition) is 1. The molecule has 1 N–H and O–H groups in total. The second-order valence-electron chi connectivity index (χ2n) is 7.81. The highest BCUT2D eigenvalue weighted by Gasteiger charge is 2.38. The third-order valence-corrected chi connectivity index (χ3v) is 4.26. The number of piperazine rings is 1. The fourth-order valence-electron chi connectivity index (χ4n) is 2.32. The molecule has 0 amide bonds. The molecule has 102 valence electrons. The Labute approximate surface area is 108 Å². The highest BCUT2D eigenvalue weighted by Crippen LogP contribution is 2.28. The summed E-state index contributed by atoms with van der Waals surface area (Å²) >= 11 is 0. The molecule has 1 unspecified atom stereocenters. The van der Waals surface area contributed by atoms with Crippen molar-refractivity contribution < 1.29 is 0 Å². The minimum atomic E-state index is 0.292. The lowest BCUT2D eigenvalue weighted by atomic mass is 9.86. The van der Waals surface area contributed by atoms with Gasteiger partial charge in [-0.3, -0.25) is 4.90 Å². The van der Waals surface area contributed by atoms with Gasteiger partial charge < -0.3 is 5.32 Å². The monoisotopic (exact) mass is 240 g/mol. The van der Waals surface area contributed by atoms with Crippen molar-refractivity contribution in [2.45, 2.75) is 72.4 Å². The minimum absolute atomic E-state index is 0.292. The van der Waals surface area contributed by atoms with Crippen molar-refractivity contribution in [3.63, 3.8) is 0 Å². The molecule has 1 heterocycles. The average Bonchev–Trinajstić information content (AvgIpc) is 2.19. The van der Waals surface area contributed by atoms with Crippen LogP contribution in [0.3, 0.4) is 0 Å². The molecule has 1 rings (SSSR count). The van der Waals surface area contributed by atoms with E-state index in [0.29, 0.717) is 16.5 Å². The maximum atomic E-state index is 3.72. The van der Waals surface area contributed by atoms with Crippen LogP contribution in [-0.2, 0) is 0 Å². The van der Waals surface area contributed by atoms with Crippen molar-refractivity contribution in [2.24, 2.45) is 5.41 Å². The summed E-state index contributed by atoms with van der Waals surface area (Å²) in [6.07, 6.45) is 2.48. The van der Waals surface area contributed by atoms with E-state index in [-0.39, 0.29) is 0 Å². The first-order chi connectivity index (χ1) is 7.58. The zero-order valence-electron chi connectivity index (χ0n) is 13.0. The molecule has 1 saturated heterocycles. The largest absolute Gasteiger partial charge is 0.308 e. The van der Waals surface area contributed by atoms with E-state index in [0.717, 1.165) is 6.54 Å². The van der Waals surface area contributed by atoms with Gasteiger partial charge in [0, 0.05) is 24.2 Å². The SMILES string of the molecule is CCC1(C)CN(CCC(C)(C)C)C(C)(C)CN1. The van der Waals surface area contributed by atoms with Crippen LogP contribution in [0, 0.1) is 5.41 Å². The molecule has 1 fully saturated rings. The second kappa shape index (κ2) is 4.89. The normalized spacial score (nSPS) is 30.5. The topological polar surface area (TPSA) is 15.3 Å². The molecular weight excluding hydrogens is 208 g/mol. The van der Waals surface area contributed by atoms with Crippen LogP contribution < -0.4 is 5.32 Å². The zero-order chi connectivity index (χ0) is 13.3. The quantitative estimate of drug-likeness (QED) is 0.814. The van der Waals surface area contributed by atoms with E-state index in [4.69, 9.17) is 0 Å². The molecule has 0 aromatic carbocycles. The van der Waals surface area contributed by atoms with Crippen LogP contribution in [0.25, 0.3) is 0 Å². The lowest BCUT2D eigenvalue weighted by molar-refractivity contribution is 0.0237. The molecule has 1 aliphatic heterocycles. The van der Waals surface area contributed by atoms with Gasteiger partial charge in [-0.05, 0) is 45.6 Å². The summed E-state index contributed by atoms with van der Waals surface area (Å²) in [6.45, 7) is 19.8. The fraction of sp³-hybridized carbons (Fsp3) is 1.00. The molecule has 0 aliphatic carbocycles. The Balaban J connectivity index is 2.65. The first kappa shape index (κ1) is 15.0. The third kappa shape index (κ3) is 4.26. The molecule has 0 spiro atoms. The van der Waals surface area contributed by atoms with Crippen LogP contribution >= 0.6 is 0 Å². The van der Waals surface area contributed by atoms with Gasteiger partial charge >= 0.3 is 0 Å². The smallest absolute Gasteiger partial charge is 0.0278 e. The molecule has 2 heteroatoms. The van der Waals surface area contributed by atoms with Crippen LogP contribution in [0.5, 0.6) is 0 Å². The maximum Gasteiger partial charge on any atom is 0.0278 e. The Morgan fingerprint density at radius 1 is 1.18 bits per heavy atom. The van der Waals surface area contributed by atoms with Gasteiger partial charge in [0.15, 0.2) is 0 Å². The second-order valence-corrected chi connectivity index (χ2v) is 7.81. The van der Waals surface area contributed by atoms with Gasteiger partial charge in [-0.25, -0.2) is 0 Å². The Morgan fingerprint density at radius 2 is 1.76 bits per heavy atom. The Morgan fingerprint density at radius 3 is 2.24 bits per heavy atom. The summed E-state index contributed by atoms with van der Waals surface area (Å²) < 4.78 is 0. The van der Waals surface area contributed by atoms with Crippen LogP contribution in [0.1, 0.15) is 61.3 Å². The number of rotatable bonds is 3. The predicted octanol–water partition coefficient (Wildman–Crippen LogP) is 3.28. The van der Waals surface area contributed by atoms with Gasteiger partial charge in [-0.1, -0.05) is 27.7 Å². The van der Waals surface area contributed by atoms with E-state index in [1.165, 1.54) is 25.9 Å². The molecule has 0 radical (unpaired) electrons. The van der Waals surface area contributed by atoms with Crippen molar-refractivity contribution >= 4 is 0 Å². The minimum Gasteiger partial charge on any atom is -0.308 e. The summed E-state index contributed by atoms with van der Waals surface area (Å²) in [6, 6.07) is 0. The van der Waals surface area contributed by atoms with Gasteiger partial charge in [0.2, 0.25) is 0 Å². The summed E-state index contributed by atoms with van der Waals surface area (Å²) in [5.74, 6) is 0. The molecule has 1 atom stereocenters. The van der Waals surface area contributed by atoms with Crippen molar-refractivity contribution in [3.8, 4) is 0 Å². The first-order valence-corrected chi connectivity index (χ1v) is 7.08. The molecule has 17 heavy (non-hydrogen) atoms. The van der Waals surface area contributed by atoms with Crippen LogP contribution in [0.2, 0.25) is 0 Å². The fourth-order valence-corrected chi connectivity index (χ4v) is 2.32. The Bertz CT molecular complexity index is 252. The van der Waals surface area contributed by atoms with Crippen molar-refractivity contribution in [3.05, 3.63) is 0 Å². The van der Waals surface area contributed by atoms with Gasteiger partial charge in [-0.2, -0.15) is 0 Å². The maximum absolute atomic E-state index is 3.72. The van der Waals surface area contributed by atoms with E-state index < -0.39 is 0 Å². The standard InChI is InChI=1S/C15H32N2/c1-8-15(7)12-17(10-9-13(2,3)4)14(5,6)11-16-15/h16H,8-12H2,1-7H3. The van der Waals surface area contributed by atoms with Gasteiger partial charge in [-0.15, -0.1) is 0 Å². The summed E-state index contributed by atoms with van der Waals surface area (Å²) in [4.78, 5) is 2.68. The van der Waals surface area contributed by atoms with E-state index in [9.17, 15) is 0 Å². The molecule has 0 bridgehead atoms. The Hall–Kier alpha value is -0.0800. The van der Waals surface area contributed by atoms with Crippen molar-refractivity contribution in [2.75, 3.05) is 19.6 Å². The summed E-state index contributed by atoms with van der Waals surface area (Å²) in [5, 5.41) is 3.72. The summed E-state index contributed by atoms with van der Waals surface area (Å²) in [7, 11) is 0. The third-order valence-electron chi connectivity index (χ3n) is 4.26. The zero-order valence-corrected chi connectivity index (χ0v) is 13.0. The Kier molecular flexibility index (Phi) is 4.31. The lowest BCUT2D eigenvalue weighted by Gasteiger charge is -2.51. The molecule has 0 saturated carbocycles. The molecule has 0 aromatic rings. The average molecular weight is 240 g/mol. The molecule has 1 aliphatic rings. The van der Waals surface area contributed by atoms with Crippen LogP contribution in [0.4, 0.5) is 0 Å². The highest BCUT2D eigenvalue weighted by atomic mass is 15.3. The van der Waals surface area contributed by atoms with Gasteiger partial charge in [0.1, 0.15) is 0 Å². The van der Waals surface area contributed by atoms with Gasteiger partial charge in [0.25, 0.3) is 0 Å². The number of nitrogens with zero attached hydrogens (tertiary/aromatic N) is 1. The molecular formula is C15H32N2. The van der Waals surface area contributed by atoms with E-state index in [2.05, 4.69) is 58.7 Å². The predicted molar refractivity (Wildman–Crippen MR) is 76.4 cm³/mol. The van der Waals surface area contributed by atoms with Gasteiger partial charge in [0.05, 0.1) is 0 Å². The number of nitrogens with one attached hydrogen (secondary N) is 1. The van der Waals surface area contributed by atoms with E-state index >= 15 is 0 Å². The van der Waals surface area contributed by atoms with E-state index in [1.807, 2.05) is 0 Å². The van der Waals surface area contributed by atoms with Crippen LogP contribution in [-0.4, -0.2) is 35.6 Å². The lowest BCUT2D eigenvalue weighted by Crippen LogP contribution is -2.67. The highest BCUT2D eigenvalue weighted by molar-refractivity contribution is 4.99. The first-order valence-electron chi connectivity index (χ1n) is 7.08. The van der Waals surface area contributed by atoms with Crippen molar-refractivity contribution in [1.82, 2.24) is 10.2 Å². The van der Waals surface area contributed by atoms with Crippen LogP contribution in [0.15, 0.2) is 0 Å². The van der Waals surface area contributed by atoms with E-state index in [1.54, 1.807) is 0 Å². The summed E-state index contributed by atoms with van der Waals surface area (Å²) in [5.41, 5.74) is 1.02. The van der Waals surface area contributed by atoms with Crippen molar-refractivity contribution in [1.29, 1.82) is 0 Å². The number of hydrogen-bond acceptors (Lipinski definition) is 2. The molecule has 0 aromatic heterocycles. The molecule has 2 nitrogen and oxygen atoms in total.